The molecule has 0 saturated heterocycles. The third kappa shape index (κ3) is 3.83. The van der Waals surface area contributed by atoms with E-state index in [0.717, 1.165) is 23.4 Å². The average molecular weight is 312 g/mol. The van der Waals surface area contributed by atoms with Crippen LogP contribution in [-0.4, -0.2) is 17.4 Å². The van der Waals surface area contributed by atoms with Gasteiger partial charge in [0.25, 0.3) is 0 Å². The number of rotatable bonds is 6. The standard InChI is InChI=1S/C17H16N2O2S/c20-16(10-9-13-5-4-12-21-13)18-11-3-8-17-19-14-6-1-2-7-15(14)22-17/h1-2,4-7,9-10,12H,3,8,11H2,(H,18,20)/b10-9+. The summed E-state index contributed by atoms with van der Waals surface area (Å²) in [4.78, 5) is 16.2. The van der Waals surface area contributed by atoms with Crippen LogP contribution >= 0.6 is 11.3 Å². The number of nitrogens with one attached hydrogen (secondary N) is 1. The van der Waals surface area contributed by atoms with Crippen LogP contribution in [0.4, 0.5) is 0 Å². The first-order valence-corrected chi connectivity index (χ1v) is 7.97. The number of hydrogen-bond acceptors (Lipinski definition) is 4. The van der Waals surface area contributed by atoms with Crippen molar-refractivity contribution >= 4 is 33.5 Å². The van der Waals surface area contributed by atoms with Gasteiger partial charge in [0, 0.05) is 19.0 Å². The molecule has 1 N–H and O–H groups in total. The number of aromatic nitrogens is 1. The van der Waals surface area contributed by atoms with Crippen molar-refractivity contribution in [2.75, 3.05) is 6.54 Å². The van der Waals surface area contributed by atoms with Gasteiger partial charge in [-0.1, -0.05) is 12.1 Å². The maximum atomic E-state index is 11.6. The minimum Gasteiger partial charge on any atom is -0.465 e. The number of nitrogens with zero attached hydrogens (tertiary/aromatic N) is 1. The number of fused-ring (bicyclic) bond motifs is 1. The molecule has 112 valence electrons. The number of carbonyl (C=O) groups excluding carboxylic acids is 1. The van der Waals surface area contributed by atoms with Gasteiger partial charge in [-0.3, -0.25) is 4.79 Å². The highest BCUT2D eigenvalue weighted by molar-refractivity contribution is 7.18. The third-order valence-electron chi connectivity index (χ3n) is 3.15. The summed E-state index contributed by atoms with van der Waals surface area (Å²) in [6.07, 6.45) is 6.47. The van der Waals surface area contributed by atoms with Crippen LogP contribution < -0.4 is 5.32 Å². The van der Waals surface area contributed by atoms with Crippen molar-refractivity contribution < 1.29 is 9.21 Å². The summed E-state index contributed by atoms with van der Waals surface area (Å²) in [5.41, 5.74) is 1.05. The molecule has 0 atom stereocenters. The molecule has 0 aliphatic heterocycles. The van der Waals surface area contributed by atoms with Gasteiger partial charge in [0.2, 0.25) is 5.91 Å². The maximum Gasteiger partial charge on any atom is 0.244 e. The van der Waals surface area contributed by atoms with Crippen molar-refractivity contribution in [2.45, 2.75) is 12.8 Å². The van der Waals surface area contributed by atoms with Crippen LogP contribution in [0, 0.1) is 0 Å². The van der Waals surface area contributed by atoms with Gasteiger partial charge in [0.1, 0.15) is 5.76 Å². The fourth-order valence-electron chi connectivity index (χ4n) is 2.08. The molecular formula is C17H16N2O2S. The van der Waals surface area contributed by atoms with Gasteiger partial charge in [-0.15, -0.1) is 11.3 Å². The number of benzene rings is 1. The van der Waals surface area contributed by atoms with E-state index in [0.29, 0.717) is 12.3 Å². The molecule has 3 aromatic rings. The fourth-order valence-corrected chi connectivity index (χ4v) is 3.09. The van der Waals surface area contributed by atoms with Crippen LogP contribution in [0.25, 0.3) is 16.3 Å². The normalized spacial score (nSPS) is 11.3. The second-order valence-corrected chi connectivity index (χ2v) is 5.93. The van der Waals surface area contributed by atoms with Crippen molar-refractivity contribution in [2.24, 2.45) is 0 Å². The molecule has 0 spiro atoms. The van der Waals surface area contributed by atoms with E-state index in [2.05, 4.69) is 16.4 Å². The number of para-hydroxylation sites is 1. The topological polar surface area (TPSA) is 55.1 Å². The number of thiazole rings is 1. The maximum absolute atomic E-state index is 11.6. The predicted octanol–water partition coefficient (Wildman–Crippen LogP) is 3.65. The largest absolute Gasteiger partial charge is 0.465 e. The zero-order valence-corrected chi connectivity index (χ0v) is 12.8. The van der Waals surface area contributed by atoms with Crippen molar-refractivity contribution in [3.8, 4) is 0 Å². The van der Waals surface area contributed by atoms with Gasteiger partial charge in [-0.25, -0.2) is 4.98 Å². The van der Waals surface area contributed by atoms with E-state index in [1.54, 1.807) is 35.8 Å². The van der Waals surface area contributed by atoms with Crippen molar-refractivity contribution in [3.05, 3.63) is 59.5 Å². The highest BCUT2D eigenvalue weighted by Gasteiger charge is 2.03. The summed E-state index contributed by atoms with van der Waals surface area (Å²) in [5.74, 6) is 0.560. The molecule has 0 aliphatic carbocycles. The van der Waals surface area contributed by atoms with Gasteiger partial charge in [0.15, 0.2) is 0 Å². The Balaban J connectivity index is 1.42. The molecule has 2 heterocycles. The Morgan fingerprint density at radius 2 is 2.18 bits per heavy atom. The molecule has 5 heteroatoms. The monoisotopic (exact) mass is 312 g/mol. The van der Waals surface area contributed by atoms with E-state index in [-0.39, 0.29) is 5.91 Å². The molecule has 1 aromatic carbocycles. The number of hydrogen-bond donors (Lipinski definition) is 1. The zero-order chi connectivity index (χ0) is 15.2. The van der Waals surface area contributed by atoms with Crippen molar-refractivity contribution in [1.82, 2.24) is 10.3 Å². The Kier molecular flexibility index (Phi) is 4.65. The van der Waals surface area contributed by atoms with E-state index >= 15 is 0 Å². The molecule has 22 heavy (non-hydrogen) atoms. The van der Waals surface area contributed by atoms with Gasteiger partial charge in [-0.2, -0.15) is 0 Å². The van der Waals surface area contributed by atoms with Crippen LogP contribution in [0.15, 0.2) is 53.2 Å². The second-order valence-electron chi connectivity index (χ2n) is 4.82. The minimum absolute atomic E-state index is 0.110. The zero-order valence-electron chi connectivity index (χ0n) is 12.0. The minimum atomic E-state index is -0.110. The molecule has 0 unspecified atom stereocenters. The molecule has 0 radical (unpaired) electrons. The smallest absolute Gasteiger partial charge is 0.244 e. The Bertz CT molecular complexity index is 742. The first-order valence-electron chi connectivity index (χ1n) is 7.15. The summed E-state index contributed by atoms with van der Waals surface area (Å²) in [6, 6.07) is 11.7. The lowest BCUT2D eigenvalue weighted by atomic mass is 10.3. The molecule has 0 fully saturated rings. The lowest BCUT2D eigenvalue weighted by Crippen LogP contribution is -2.22. The summed E-state index contributed by atoms with van der Waals surface area (Å²) >= 11 is 1.71. The molecule has 1 amide bonds. The van der Waals surface area contributed by atoms with E-state index in [1.807, 2.05) is 18.2 Å². The van der Waals surface area contributed by atoms with Crippen LogP contribution in [0.3, 0.4) is 0 Å². The Morgan fingerprint density at radius 1 is 1.27 bits per heavy atom. The van der Waals surface area contributed by atoms with Gasteiger partial charge < -0.3 is 9.73 Å². The van der Waals surface area contributed by atoms with Crippen LogP contribution in [0.2, 0.25) is 0 Å². The number of amides is 1. The number of carbonyl (C=O) groups is 1. The first kappa shape index (κ1) is 14.5. The number of aryl methyl sites for hydroxylation is 1. The summed E-state index contributed by atoms with van der Waals surface area (Å²) < 4.78 is 6.33. The van der Waals surface area contributed by atoms with E-state index in [4.69, 9.17) is 4.42 Å². The quantitative estimate of drug-likeness (QED) is 0.558. The van der Waals surface area contributed by atoms with Gasteiger partial charge in [0.05, 0.1) is 21.5 Å². The van der Waals surface area contributed by atoms with Crippen LogP contribution in [0.1, 0.15) is 17.2 Å². The number of furan rings is 1. The highest BCUT2D eigenvalue weighted by atomic mass is 32.1. The Labute approximate surface area is 132 Å². The fraction of sp³-hybridized carbons (Fsp3) is 0.176. The summed E-state index contributed by atoms with van der Waals surface area (Å²) in [7, 11) is 0. The lowest BCUT2D eigenvalue weighted by molar-refractivity contribution is -0.116. The van der Waals surface area contributed by atoms with Crippen LogP contribution in [-0.2, 0) is 11.2 Å². The molecule has 3 rings (SSSR count). The highest BCUT2D eigenvalue weighted by Crippen LogP contribution is 2.22. The molecular weight excluding hydrogens is 296 g/mol. The SMILES string of the molecule is O=C(/C=C/c1ccco1)NCCCc1nc2ccccc2s1. The summed E-state index contributed by atoms with van der Waals surface area (Å²) in [5, 5.41) is 3.97. The molecule has 0 bridgehead atoms. The molecule has 4 nitrogen and oxygen atoms in total. The van der Waals surface area contributed by atoms with Crippen LogP contribution in [0.5, 0.6) is 0 Å². The third-order valence-corrected chi connectivity index (χ3v) is 4.24. The molecule has 0 saturated carbocycles. The summed E-state index contributed by atoms with van der Waals surface area (Å²) in [6.45, 7) is 0.636. The first-order chi connectivity index (χ1) is 10.8. The molecule has 0 aliphatic rings. The van der Waals surface area contributed by atoms with Crippen molar-refractivity contribution in [1.29, 1.82) is 0 Å². The van der Waals surface area contributed by atoms with E-state index < -0.39 is 0 Å². The molecule has 2 aromatic heterocycles. The average Bonchev–Trinajstić information content (AvgIpc) is 3.18. The van der Waals surface area contributed by atoms with Gasteiger partial charge in [-0.05, 0) is 36.8 Å². The predicted molar refractivity (Wildman–Crippen MR) is 88.7 cm³/mol. The van der Waals surface area contributed by atoms with E-state index in [1.165, 1.54) is 10.8 Å². The second kappa shape index (κ2) is 7.04. The lowest BCUT2D eigenvalue weighted by Gasteiger charge is -2.00. The van der Waals surface area contributed by atoms with E-state index in [9.17, 15) is 4.79 Å². The Morgan fingerprint density at radius 3 is 3.00 bits per heavy atom. The van der Waals surface area contributed by atoms with Crippen molar-refractivity contribution in [3.63, 3.8) is 0 Å². The Hall–Kier alpha value is -2.40. The van der Waals surface area contributed by atoms with Gasteiger partial charge >= 0.3 is 0 Å².